The molecule has 4 heteroatoms. The Bertz CT molecular complexity index is 669. The first-order chi connectivity index (χ1) is 9.69. The maximum absolute atomic E-state index is 11.1. The minimum absolute atomic E-state index is 0.369. The molecule has 0 N–H and O–H groups in total. The van der Waals surface area contributed by atoms with Gasteiger partial charge in [0.05, 0.1) is 13.2 Å². The van der Waals surface area contributed by atoms with E-state index in [0.29, 0.717) is 30.3 Å². The summed E-state index contributed by atoms with van der Waals surface area (Å²) in [6.07, 6.45) is 2.29. The van der Waals surface area contributed by atoms with E-state index in [1.165, 1.54) is 6.07 Å². The van der Waals surface area contributed by atoms with Crippen molar-refractivity contribution in [2.75, 3.05) is 13.2 Å². The fourth-order valence-electron chi connectivity index (χ4n) is 1.64. The molecule has 0 atom stereocenters. The molecule has 0 spiro atoms. The molecule has 4 nitrogen and oxygen atoms in total. The highest BCUT2D eigenvalue weighted by Gasteiger charge is 2.00. The highest BCUT2D eigenvalue weighted by atomic mass is 16.5. The molecule has 0 saturated heterocycles. The van der Waals surface area contributed by atoms with Gasteiger partial charge in [-0.05, 0) is 24.3 Å². The molecule has 0 aliphatic rings. The third kappa shape index (κ3) is 3.75. The van der Waals surface area contributed by atoms with Crippen molar-refractivity contribution in [3.63, 3.8) is 0 Å². The van der Waals surface area contributed by atoms with Gasteiger partial charge in [0, 0.05) is 23.9 Å². The zero-order chi connectivity index (χ0) is 14.4. The van der Waals surface area contributed by atoms with Gasteiger partial charge in [0.1, 0.15) is 17.1 Å². The van der Waals surface area contributed by atoms with Crippen LogP contribution >= 0.6 is 0 Å². The molecule has 0 fully saturated rings. The molecule has 0 radical (unpaired) electrons. The normalized spacial score (nSPS) is 10.2. The molecule has 0 saturated carbocycles. The Morgan fingerprint density at radius 1 is 1.25 bits per heavy atom. The second-order valence-corrected chi connectivity index (χ2v) is 4.17. The lowest BCUT2D eigenvalue weighted by atomic mass is 10.2. The van der Waals surface area contributed by atoms with Crippen molar-refractivity contribution in [2.45, 2.75) is 6.42 Å². The molecule has 2 rings (SSSR count). The van der Waals surface area contributed by atoms with Gasteiger partial charge in [0.25, 0.3) is 0 Å². The maximum atomic E-state index is 11.1. The zero-order valence-corrected chi connectivity index (χ0v) is 11.1. The summed E-state index contributed by atoms with van der Waals surface area (Å²) < 4.78 is 15.9. The predicted molar refractivity (Wildman–Crippen MR) is 77.9 cm³/mol. The summed E-state index contributed by atoms with van der Waals surface area (Å²) in [5.41, 5.74) is 0.150. The van der Waals surface area contributed by atoms with Crippen molar-refractivity contribution < 1.29 is 13.9 Å². The van der Waals surface area contributed by atoms with Crippen molar-refractivity contribution in [3.05, 3.63) is 65.7 Å². The van der Waals surface area contributed by atoms with Crippen LogP contribution in [0.25, 0.3) is 11.0 Å². The average molecular weight is 272 g/mol. The Kier molecular flexibility index (Phi) is 4.60. The van der Waals surface area contributed by atoms with Crippen LogP contribution in [0.4, 0.5) is 0 Å². The standard InChI is InChI=1S/C16H16O4/c1-3-12(2)18-9-4-10-19-14-7-5-13-6-8-16(17)20-15(13)11-14/h3,5-8,11H,1-2,4,9-10H2. The summed E-state index contributed by atoms with van der Waals surface area (Å²) in [7, 11) is 0. The first-order valence-corrected chi connectivity index (χ1v) is 6.30. The van der Waals surface area contributed by atoms with E-state index in [9.17, 15) is 4.79 Å². The molecule has 0 unspecified atom stereocenters. The summed E-state index contributed by atoms with van der Waals surface area (Å²) in [5, 5.41) is 0.863. The molecule has 0 amide bonds. The lowest BCUT2D eigenvalue weighted by molar-refractivity contribution is 0.193. The lowest BCUT2D eigenvalue weighted by Crippen LogP contribution is -2.02. The monoisotopic (exact) mass is 272 g/mol. The molecule has 0 bridgehead atoms. The van der Waals surface area contributed by atoms with E-state index in [4.69, 9.17) is 13.9 Å². The third-order valence-electron chi connectivity index (χ3n) is 2.67. The quantitative estimate of drug-likeness (QED) is 0.336. The van der Waals surface area contributed by atoms with Crippen molar-refractivity contribution in [2.24, 2.45) is 0 Å². The number of ether oxygens (including phenoxy) is 2. The topological polar surface area (TPSA) is 48.7 Å². The number of allylic oxidation sites excluding steroid dienone is 1. The SMILES string of the molecule is C=CC(=C)OCCCOc1ccc2ccc(=O)oc2c1. The Morgan fingerprint density at radius 3 is 2.85 bits per heavy atom. The van der Waals surface area contributed by atoms with Crippen molar-refractivity contribution in [1.82, 2.24) is 0 Å². The zero-order valence-electron chi connectivity index (χ0n) is 11.1. The molecule has 1 aromatic carbocycles. The van der Waals surface area contributed by atoms with Crippen molar-refractivity contribution in [1.29, 1.82) is 0 Å². The van der Waals surface area contributed by atoms with E-state index in [1.807, 2.05) is 12.1 Å². The minimum Gasteiger partial charge on any atom is -0.494 e. The highest BCUT2D eigenvalue weighted by Crippen LogP contribution is 2.19. The van der Waals surface area contributed by atoms with Crippen LogP contribution in [-0.2, 0) is 4.74 Å². The maximum Gasteiger partial charge on any atom is 0.336 e. The molecule has 104 valence electrons. The molecule has 20 heavy (non-hydrogen) atoms. The smallest absolute Gasteiger partial charge is 0.336 e. The number of benzene rings is 1. The Morgan fingerprint density at radius 2 is 2.05 bits per heavy atom. The molecular weight excluding hydrogens is 256 g/mol. The van der Waals surface area contributed by atoms with E-state index in [-0.39, 0.29) is 5.63 Å². The summed E-state index contributed by atoms with van der Waals surface area (Å²) in [5.74, 6) is 1.21. The minimum atomic E-state index is -0.369. The molecule has 2 aromatic rings. The average Bonchev–Trinajstić information content (AvgIpc) is 2.46. The van der Waals surface area contributed by atoms with Gasteiger partial charge in [0.2, 0.25) is 0 Å². The van der Waals surface area contributed by atoms with Crippen LogP contribution in [0, 0.1) is 0 Å². The first-order valence-electron chi connectivity index (χ1n) is 6.30. The van der Waals surface area contributed by atoms with Crippen molar-refractivity contribution >= 4 is 11.0 Å². The fourth-order valence-corrected chi connectivity index (χ4v) is 1.64. The van der Waals surface area contributed by atoms with Crippen LogP contribution in [0.2, 0.25) is 0 Å². The van der Waals surface area contributed by atoms with Gasteiger partial charge in [0.15, 0.2) is 0 Å². The lowest BCUT2D eigenvalue weighted by Gasteiger charge is -2.08. The van der Waals surface area contributed by atoms with Crippen LogP contribution in [-0.4, -0.2) is 13.2 Å². The van der Waals surface area contributed by atoms with Crippen LogP contribution in [0.15, 0.2) is 64.5 Å². The number of rotatable bonds is 7. The van der Waals surface area contributed by atoms with E-state index in [0.717, 1.165) is 11.8 Å². The molecule has 0 aliphatic heterocycles. The Hall–Kier alpha value is -2.49. The number of hydrogen-bond donors (Lipinski definition) is 0. The Labute approximate surface area is 116 Å². The summed E-state index contributed by atoms with van der Waals surface area (Å²) in [4.78, 5) is 11.1. The fraction of sp³-hybridized carbons (Fsp3) is 0.188. The molecular formula is C16H16O4. The van der Waals surface area contributed by atoms with Crippen LogP contribution in [0.5, 0.6) is 5.75 Å². The van der Waals surface area contributed by atoms with E-state index < -0.39 is 0 Å². The number of fused-ring (bicyclic) bond motifs is 1. The first kappa shape index (κ1) is 13.9. The van der Waals surface area contributed by atoms with Gasteiger partial charge >= 0.3 is 5.63 Å². The molecule has 1 aromatic heterocycles. The largest absolute Gasteiger partial charge is 0.494 e. The molecule has 1 heterocycles. The van der Waals surface area contributed by atoms with Gasteiger partial charge < -0.3 is 13.9 Å². The third-order valence-corrected chi connectivity index (χ3v) is 2.67. The summed E-state index contributed by atoms with van der Waals surface area (Å²) >= 11 is 0. The second-order valence-electron chi connectivity index (χ2n) is 4.17. The highest BCUT2D eigenvalue weighted by molar-refractivity contribution is 5.77. The van der Waals surface area contributed by atoms with E-state index in [1.54, 1.807) is 18.2 Å². The van der Waals surface area contributed by atoms with Crippen LogP contribution in [0.3, 0.4) is 0 Å². The second kappa shape index (κ2) is 6.61. The van der Waals surface area contributed by atoms with Crippen LogP contribution in [0.1, 0.15) is 6.42 Å². The van der Waals surface area contributed by atoms with Gasteiger partial charge in [-0.1, -0.05) is 13.2 Å². The van der Waals surface area contributed by atoms with Crippen molar-refractivity contribution in [3.8, 4) is 5.75 Å². The summed E-state index contributed by atoms with van der Waals surface area (Å²) in [6.45, 7) is 8.23. The Balaban J connectivity index is 1.88. The van der Waals surface area contributed by atoms with E-state index >= 15 is 0 Å². The van der Waals surface area contributed by atoms with E-state index in [2.05, 4.69) is 13.2 Å². The van der Waals surface area contributed by atoms with Crippen LogP contribution < -0.4 is 10.4 Å². The predicted octanol–water partition coefficient (Wildman–Crippen LogP) is 3.28. The van der Waals surface area contributed by atoms with Gasteiger partial charge in [-0.3, -0.25) is 0 Å². The van der Waals surface area contributed by atoms with Gasteiger partial charge in [-0.2, -0.15) is 0 Å². The molecule has 0 aliphatic carbocycles. The summed E-state index contributed by atoms with van der Waals surface area (Å²) in [6, 6.07) is 8.52. The van der Waals surface area contributed by atoms with Gasteiger partial charge in [-0.15, -0.1) is 0 Å². The number of hydrogen-bond acceptors (Lipinski definition) is 4. The van der Waals surface area contributed by atoms with Gasteiger partial charge in [-0.25, -0.2) is 4.79 Å².